The van der Waals surface area contributed by atoms with E-state index in [1.807, 2.05) is 0 Å². The fourth-order valence-electron chi connectivity index (χ4n) is 1.82. The number of ether oxygens (including phenoxy) is 2. The summed E-state index contributed by atoms with van der Waals surface area (Å²) in [6.45, 7) is 0.180. The molecule has 0 bridgehead atoms. The Kier molecular flexibility index (Phi) is 4.40. The van der Waals surface area contributed by atoms with Gasteiger partial charge < -0.3 is 14.8 Å². The lowest BCUT2D eigenvalue weighted by Gasteiger charge is -2.11. The minimum atomic E-state index is -0.462. The van der Waals surface area contributed by atoms with Crippen molar-refractivity contribution in [2.24, 2.45) is 0 Å². The van der Waals surface area contributed by atoms with Gasteiger partial charge in [0.25, 0.3) is 0 Å². The van der Waals surface area contributed by atoms with E-state index in [1.54, 1.807) is 25.3 Å². The summed E-state index contributed by atoms with van der Waals surface area (Å²) in [5.41, 5.74) is 0.992. The minimum absolute atomic E-state index is 0.180. The van der Waals surface area contributed by atoms with E-state index in [1.165, 1.54) is 13.2 Å². The summed E-state index contributed by atoms with van der Waals surface area (Å²) in [6, 6.07) is 8.62. The molecule has 2 aromatic rings. The molecule has 3 nitrogen and oxygen atoms in total. The number of rotatable bonds is 5. The standard InChI is InChI=1S/C15H15F2NO2/c1-19-14-6-4-12(8-15(14)20-2)18-9-10-7-11(16)3-5-13(10)17/h3-8,18H,9H2,1-2H3. The largest absolute Gasteiger partial charge is 0.493 e. The maximum atomic E-state index is 13.5. The summed E-state index contributed by atoms with van der Waals surface area (Å²) in [5, 5.41) is 3.01. The highest BCUT2D eigenvalue weighted by Gasteiger charge is 2.06. The van der Waals surface area contributed by atoms with Gasteiger partial charge in [-0.3, -0.25) is 0 Å². The number of hydrogen-bond donors (Lipinski definition) is 1. The highest BCUT2D eigenvalue weighted by molar-refractivity contribution is 5.55. The Labute approximate surface area is 116 Å². The van der Waals surface area contributed by atoms with Crippen LogP contribution in [0.4, 0.5) is 14.5 Å². The van der Waals surface area contributed by atoms with Crippen LogP contribution in [0.2, 0.25) is 0 Å². The van der Waals surface area contributed by atoms with Gasteiger partial charge >= 0.3 is 0 Å². The van der Waals surface area contributed by atoms with Gasteiger partial charge in [0.05, 0.1) is 14.2 Å². The predicted molar refractivity (Wildman–Crippen MR) is 73.2 cm³/mol. The van der Waals surface area contributed by atoms with Crippen molar-refractivity contribution in [3.63, 3.8) is 0 Å². The molecule has 0 aromatic heterocycles. The Morgan fingerprint density at radius 3 is 2.40 bits per heavy atom. The summed E-state index contributed by atoms with van der Waals surface area (Å²) in [6.07, 6.45) is 0. The Balaban J connectivity index is 2.12. The lowest BCUT2D eigenvalue weighted by molar-refractivity contribution is 0.355. The van der Waals surface area contributed by atoms with Crippen molar-refractivity contribution < 1.29 is 18.3 Å². The SMILES string of the molecule is COc1ccc(NCc2cc(F)ccc2F)cc1OC. The lowest BCUT2D eigenvalue weighted by atomic mass is 10.2. The number of hydrogen-bond acceptors (Lipinski definition) is 3. The van der Waals surface area contributed by atoms with Crippen molar-refractivity contribution in [3.8, 4) is 11.5 Å². The molecule has 0 unspecified atom stereocenters. The molecule has 0 saturated heterocycles. The lowest BCUT2D eigenvalue weighted by Crippen LogP contribution is -2.03. The quantitative estimate of drug-likeness (QED) is 0.907. The molecule has 0 fully saturated rings. The molecule has 106 valence electrons. The molecule has 0 spiro atoms. The van der Waals surface area contributed by atoms with E-state index in [0.717, 1.165) is 17.8 Å². The van der Waals surface area contributed by atoms with Crippen molar-refractivity contribution in [1.29, 1.82) is 0 Å². The highest BCUT2D eigenvalue weighted by atomic mass is 19.1. The zero-order valence-electron chi connectivity index (χ0n) is 11.2. The van der Waals surface area contributed by atoms with Crippen LogP contribution in [0.3, 0.4) is 0 Å². The van der Waals surface area contributed by atoms with Gasteiger partial charge in [-0.15, -0.1) is 0 Å². The molecule has 0 aliphatic rings. The fraction of sp³-hybridized carbons (Fsp3) is 0.200. The third-order valence-corrected chi connectivity index (χ3v) is 2.87. The van der Waals surface area contributed by atoms with Gasteiger partial charge in [0.1, 0.15) is 11.6 Å². The second-order valence-electron chi connectivity index (χ2n) is 4.16. The third-order valence-electron chi connectivity index (χ3n) is 2.87. The van der Waals surface area contributed by atoms with Gasteiger partial charge in [-0.1, -0.05) is 0 Å². The predicted octanol–water partition coefficient (Wildman–Crippen LogP) is 3.59. The van der Waals surface area contributed by atoms with E-state index >= 15 is 0 Å². The van der Waals surface area contributed by atoms with Crippen LogP contribution in [-0.2, 0) is 6.54 Å². The molecule has 0 saturated carbocycles. The molecular formula is C15H15F2NO2. The smallest absolute Gasteiger partial charge is 0.162 e. The van der Waals surface area contributed by atoms with Crippen LogP contribution in [0.25, 0.3) is 0 Å². The maximum absolute atomic E-state index is 13.5. The Hall–Kier alpha value is -2.30. The van der Waals surface area contributed by atoms with Crippen molar-refractivity contribution in [3.05, 3.63) is 53.6 Å². The molecule has 20 heavy (non-hydrogen) atoms. The zero-order chi connectivity index (χ0) is 14.5. The van der Waals surface area contributed by atoms with E-state index in [-0.39, 0.29) is 12.1 Å². The van der Waals surface area contributed by atoms with Crippen LogP contribution >= 0.6 is 0 Å². The van der Waals surface area contributed by atoms with Crippen LogP contribution in [-0.4, -0.2) is 14.2 Å². The summed E-state index contributed by atoms with van der Waals surface area (Å²) >= 11 is 0. The summed E-state index contributed by atoms with van der Waals surface area (Å²) in [4.78, 5) is 0. The van der Waals surface area contributed by atoms with Crippen LogP contribution < -0.4 is 14.8 Å². The molecule has 0 amide bonds. The summed E-state index contributed by atoms with van der Waals surface area (Å²) in [5.74, 6) is 0.266. The number of halogens is 2. The molecule has 2 aromatic carbocycles. The number of methoxy groups -OCH3 is 2. The molecule has 0 radical (unpaired) electrons. The number of anilines is 1. The molecule has 2 rings (SSSR count). The van der Waals surface area contributed by atoms with E-state index in [4.69, 9.17) is 9.47 Å². The fourth-order valence-corrected chi connectivity index (χ4v) is 1.82. The van der Waals surface area contributed by atoms with Crippen LogP contribution in [0, 0.1) is 11.6 Å². The van der Waals surface area contributed by atoms with Crippen molar-refractivity contribution in [2.45, 2.75) is 6.54 Å². The van der Waals surface area contributed by atoms with Gasteiger partial charge in [-0.05, 0) is 30.3 Å². The minimum Gasteiger partial charge on any atom is -0.493 e. The van der Waals surface area contributed by atoms with Crippen LogP contribution in [0.15, 0.2) is 36.4 Å². The average Bonchev–Trinajstić information content (AvgIpc) is 2.47. The first kappa shape index (κ1) is 14.1. The average molecular weight is 279 g/mol. The molecule has 0 aliphatic carbocycles. The van der Waals surface area contributed by atoms with Crippen molar-refractivity contribution in [1.82, 2.24) is 0 Å². The maximum Gasteiger partial charge on any atom is 0.162 e. The zero-order valence-corrected chi connectivity index (χ0v) is 11.2. The molecule has 0 aliphatic heterocycles. The number of benzene rings is 2. The molecule has 5 heteroatoms. The number of nitrogens with one attached hydrogen (secondary N) is 1. The van der Waals surface area contributed by atoms with Crippen LogP contribution in [0.5, 0.6) is 11.5 Å². The van der Waals surface area contributed by atoms with Gasteiger partial charge in [0, 0.05) is 23.9 Å². The third kappa shape index (κ3) is 3.17. The van der Waals surface area contributed by atoms with E-state index in [9.17, 15) is 8.78 Å². The second-order valence-corrected chi connectivity index (χ2v) is 4.16. The van der Waals surface area contributed by atoms with Gasteiger partial charge in [-0.25, -0.2) is 8.78 Å². The Morgan fingerprint density at radius 2 is 1.70 bits per heavy atom. The van der Waals surface area contributed by atoms with E-state index < -0.39 is 11.6 Å². The monoisotopic (exact) mass is 279 g/mol. The topological polar surface area (TPSA) is 30.5 Å². The molecule has 0 heterocycles. The first-order chi connectivity index (χ1) is 9.63. The van der Waals surface area contributed by atoms with Gasteiger partial charge in [0.15, 0.2) is 11.5 Å². The van der Waals surface area contributed by atoms with Crippen molar-refractivity contribution in [2.75, 3.05) is 19.5 Å². The summed E-state index contributed by atoms with van der Waals surface area (Å²) < 4.78 is 36.8. The Morgan fingerprint density at radius 1 is 0.950 bits per heavy atom. The van der Waals surface area contributed by atoms with Gasteiger partial charge in [0.2, 0.25) is 0 Å². The molecule has 0 atom stereocenters. The van der Waals surface area contributed by atoms with E-state index in [0.29, 0.717) is 11.5 Å². The molecular weight excluding hydrogens is 264 g/mol. The summed E-state index contributed by atoms with van der Waals surface area (Å²) in [7, 11) is 3.08. The molecule has 1 N–H and O–H groups in total. The second kappa shape index (κ2) is 6.23. The normalized spacial score (nSPS) is 10.2. The van der Waals surface area contributed by atoms with E-state index in [2.05, 4.69) is 5.32 Å². The first-order valence-electron chi connectivity index (χ1n) is 6.04. The first-order valence-corrected chi connectivity index (χ1v) is 6.04. The van der Waals surface area contributed by atoms with Gasteiger partial charge in [-0.2, -0.15) is 0 Å². The highest BCUT2D eigenvalue weighted by Crippen LogP contribution is 2.30. The van der Waals surface area contributed by atoms with Crippen molar-refractivity contribution >= 4 is 5.69 Å². The van der Waals surface area contributed by atoms with Crippen LogP contribution in [0.1, 0.15) is 5.56 Å². The Bertz CT molecular complexity index is 602.